The van der Waals surface area contributed by atoms with Crippen LogP contribution in [0, 0.1) is 9.39 Å². The Bertz CT molecular complexity index is 1290. The van der Waals surface area contributed by atoms with Gasteiger partial charge >= 0.3 is 5.69 Å². The zero-order valence-corrected chi connectivity index (χ0v) is 16.5. The van der Waals surface area contributed by atoms with Gasteiger partial charge < -0.3 is 0 Å². The quantitative estimate of drug-likeness (QED) is 0.524. The first kappa shape index (κ1) is 17.5. The second-order valence-corrected chi connectivity index (χ2v) is 9.47. The van der Waals surface area contributed by atoms with Crippen molar-refractivity contribution in [3.05, 3.63) is 60.6 Å². The summed E-state index contributed by atoms with van der Waals surface area (Å²) < 4.78 is 43.5. The molecule has 0 spiro atoms. The molecule has 26 heavy (non-hydrogen) atoms. The maximum absolute atomic E-state index is 14.5. The van der Waals surface area contributed by atoms with Crippen molar-refractivity contribution in [1.82, 2.24) is 13.1 Å². The summed E-state index contributed by atoms with van der Waals surface area (Å²) in [7, 11) is -2.50. The average molecular weight is 489 g/mol. The number of hydrogen-bond acceptors (Lipinski definition) is 4. The van der Waals surface area contributed by atoms with Gasteiger partial charge in [0.15, 0.2) is 0 Å². The maximum atomic E-state index is 14.5. The molecular weight excluding hydrogens is 476 g/mol. The predicted octanol–water partition coefficient (Wildman–Crippen LogP) is 1.57. The van der Waals surface area contributed by atoms with Crippen LogP contribution in [0.25, 0.3) is 16.9 Å². The van der Waals surface area contributed by atoms with Crippen LogP contribution < -0.4 is 11.2 Å². The number of fused-ring (bicyclic) bond motifs is 1. The van der Waals surface area contributed by atoms with Crippen LogP contribution in [0.5, 0.6) is 0 Å². The topological polar surface area (TPSA) is 83.1 Å². The van der Waals surface area contributed by atoms with Crippen molar-refractivity contribution in [3.8, 4) is 5.69 Å². The van der Waals surface area contributed by atoms with Crippen LogP contribution in [0.15, 0.2) is 39.9 Å². The van der Waals surface area contributed by atoms with Gasteiger partial charge in [0.25, 0.3) is 5.56 Å². The van der Waals surface area contributed by atoms with Crippen molar-refractivity contribution in [1.29, 1.82) is 0 Å². The summed E-state index contributed by atoms with van der Waals surface area (Å²) in [4.78, 5) is 25.1. The van der Waals surface area contributed by atoms with Gasteiger partial charge in [0, 0.05) is 16.7 Å². The number of aromatic nitrogens is 3. The maximum Gasteiger partial charge on any atom is 0.348 e. The minimum Gasteiger partial charge on any atom is -0.296 e. The highest BCUT2D eigenvalue weighted by Crippen LogP contribution is 2.31. The van der Waals surface area contributed by atoms with Crippen molar-refractivity contribution in [2.24, 2.45) is 7.05 Å². The van der Waals surface area contributed by atoms with E-state index in [1.165, 1.54) is 31.3 Å². The SMILES string of the molecule is Cn1c(=O)ccc2c1n(-c1ccc(I)cc1F)c(=O)n2S(=O)(=O)C1CC1. The van der Waals surface area contributed by atoms with Gasteiger partial charge in [0.05, 0.1) is 10.9 Å². The summed E-state index contributed by atoms with van der Waals surface area (Å²) >= 11 is 1.93. The molecule has 0 N–H and O–H groups in total. The van der Waals surface area contributed by atoms with Gasteiger partial charge in [-0.15, -0.1) is 0 Å². The highest BCUT2D eigenvalue weighted by Gasteiger charge is 2.40. The van der Waals surface area contributed by atoms with Crippen LogP contribution >= 0.6 is 22.6 Å². The molecule has 2 heterocycles. The molecule has 7 nitrogen and oxygen atoms in total. The fraction of sp³-hybridized carbons (Fsp3) is 0.250. The molecule has 1 aliphatic carbocycles. The number of hydrogen-bond donors (Lipinski definition) is 0. The smallest absolute Gasteiger partial charge is 0.296 e. The normalized spacial score (nSPS) is 14.9. The molecule has 4 rings (SSSR count). The van der Waals surface area contributed by atoms with E-state index in [1.54, 1.807) is 6.07 Å². The van der Waals surface area contributed by atoms with Gasteiger partial charge in [-0.05, 0) is 59.7 Å². The Morgan fingerprint density at radius 2 is 1.85 bits per heavy atom. The monoisotopic (exact) mass is 489 g/mol. The second kappa shape index (κ2) is 5.78. The Morgan fingerprint density at radius 1 is 1.15 bits per heavy atom. The van der Waals surface area contributed by atoms with E-state index >= 15 is 0 Å². The second-order valence-electron chi connectivity index (χ2n) is 6.16. The standard InChI is InChI=1S/C16H13FIN3O4S/c1-19-14(22)7-6-13-15(19)20(12-5-2-9(18)8-11(12)17)16(23)21(13)26(24,25)10-3-4-10/h2,5-8,10H,3-4H2,1H3. The lowest BCUT2D eigenvalue weighted by Crippen LogP contribution is -2.31. The summed E-state index contributed by atoms with van der Waals surface area (Å²) in [6.45, 7) is 0. The summed E-state index contributed by atoms with van der Waals surface area (Å²) in [6, 6.07) is 6.71. The van der Waals surface area contributed by atoms with E-state index in [9.17, 15) is 22.4 Å². The number of pyridine rings is 1. The third-order valence-corrected chi connectivity index (χ3v) is 7.25. The van der Waals surface area contributed by atoms with Crippen molar-refractivity contribution < 1.29 is 12.8 Å². The van der Waals surface area contributed by atoms with Crippen molar-refractivity contribution in [2.75, 3.05) is 0 Å². The van der Waals surface area contributed by atoms with Crippen molar-refractivity contribution in [2.45, 2.75) is 18.1 Å². The molecule has 0 atom stereocenters. The van der Waals surface area contributed by atoms with Gasteiger partial charge in [0.1, 0.15) is 17.0 Å². The molecule has 0 aliphatic heterocycles. The molecule has 2 aromatic heterocycles. The average Bonchev–Trinajstić information content (AvgIpc) is 3.37. The Kier molecular flexibility index (Phi) is 3.88. The zero-order valence-electron chi connectivity index (χ0n) is 13.5. The highest BCUT2D eigenvalue weighted by molar-refractivity contribution is 14.1. The van der Waals surface area contributed by atoms with E-state index in [2.05, 4.69) is 0 Å². The first-order valence-electron chi connectivity index (χ1n) is 7.77. The summed E-state index contributed by atoms with van der Waals surface area (Å²) in [6.07, 6.45) is 0.955. The van der Waals surface area contributed by atoms with Gasteiger partial charge in [-0.25, -0.2) is 22.2 Å². The Labute approximate surface area is 160 Å². The van der Waals surface area contributed by atoms with E-state index in [-0.39, 0.29) is 16.9 Å². The van der Waals surface area contributed by atoms with Gasteiger partial charge in [-0.3, -0.25) is 9.36 Å². The molecule has 1 fully saturated rings. The van der Waals surface area contributed by atoms with Crippen molar-refractivity contribution in [3.63, 3.8) is 0 Å². The van der Waals surface area contributed by atoms with Crippen LogP contribution in [0.4, 0.5) is 4.39 Å². The molecule has 0 bridgehead atoms. The van der Waals surface area contributed by atoms with E-state index in [0.717, 1.165) is 9.13 Å². The van der Waals surface area contributed by atoms with E-state index in [0.29, 0.717) is 20.4 Å². The van der Waals surface area contributed by atoms with Crippen LogP contribution in [-0.4, -0.2) is 26.8 Å². The molecule has 1 saturated carbocycles. The first-order valence-corrected chi connectivity index (χ1v) is 10.3. The Morgan fingerprint density at radius 3 is 2.46 bits per heavy atom. The van der Waals surface area contributed by atoms with Crippen LogP contribution in [0.3, 0.4) is 0 Å². The van der Waals surface area contributed by atoms with Crippen molar-refractivity contribution >= 4 is 43.8 Å². The molecule has 3 aromatic rings. The Balaban J connectivity index is 2.20. The molecule has 0 saturated heterocycles. The number of nitrogens with zero attached hydrogens (tertiary/aromatic N) is 3. The van der Waals surface area contributed by atoms with Gasteiger partial charge in [-0.2, -0.15) is 3.97 Å². The van der Waals surface area contributed by atoms with E-state index < -0.39 is 32.3 Å². The number of rotatable bonds is 3. The summed E-state index contributed by atoms with van der Waals surface area (Å²) in [5.41, 5.74) is -1.36. The lowest BCUT2D eigenvalue weighted by molar-refractivity contribution is 0.584. The third kappa shape index (κ3) is 2.46. The Hall–Kier alpha value is -1.95. The van der Waals surface area contributed by atoms with Crippen LogP contribution in [-0.2, 0) is 17.1 Å². The predicted molar refractivity (Wildman–Crippen MR) is 103 cm³/mol. The fourth-order valence-corrected chi connectivity index (χ4v) is 5.16. The summed E-state index contributed by atoms with van der Waals surface area (Å²) in [5.74, 6) is -0.682. The number of benzene rings is 1. The van der Waals surface area contributed by atoms with Crippen LogP contribution in [0.1, 0.15) is 12.8 Å². The highest BCUT2D eigenvalue weighted by atomic mass is 127. The lowest BCUT2D eigenvalue weighted by Gasteiger charge is -2.07. The van der Waals surface area contributed by atoms with Gasteiger partial charge in [0.2, 0.25) is 10.0 Å². The van der Waals surface area contributed by atoms with E-state index in [4.69, 9.17) is 0 Å². The third-order valence-electron chi connectivity index (χ3n) is 4.41. The fourth-order valence-electron chi connectivity index (χ4n) is 2.96. The number of halogens is 2. The molecule has 0 radical (unpaired) electrons. The largest absolute Gasteiger partial charge is 0.348 e. The van der Waals surface area contributed by atoms with E-state index in [1.807, 2.05) is 22.6 Å². The molecular formula is C16H13FIN3O4S. The molecule has 1 aliphatic rings. The van der Waals surface area contributed by atoms with Gasteiger partial charge in [-0.1, -0.05) is 0 Å². The molecule has 0 unspecified atom stereocenters. The molecule has 1 aromatic carbocycles. The number of imidazole rings is 1. The minimum absolute atomic E-state index is 0.0341. The first-order chi connectivity index (χ1) is 12.2. The number of aryl methyl sites for hydroxylation is 1. The molecule has 10 heteroatoms. The lowest BCUT2D eigenvalue weighted by atomic mass is 10.3. The molecule has 136 valence electrons. The van der Waals surface area contributed by atoms with Crippen LogP contribution in [0.2, 0.25) is 0 Å². The summed E-state index contributed by atoms with van der Waals surface area (Å²) in [5, 5.41) is -0.627. The molecule has 0 amide bonds. The zero-order chi connectivity index (χ0) is 18.8. The minimum atomic E-state index is -3.92.